The summed E-state index contributed by atoms with van der Waals surface area (Å²) in [6.07, 6.45) is -4.51. The second kappa shape index (κ2) is 5.41. The van der Waals surface area contributed by atoms with Gasteiger partial charge in [-0.05, 0) is 25.1 Å². The third kappa shape index (κ3) is 3.29. The van der Waals surface area contributed by atoms with Crippen LogP contribution in [0.5, 0.6) is 10.9 Å². The van der Waals surface area contributed by atoms with Gasteiger partial charge >= 0.3 is 6.18 Å². The number of Topliss-reactive ketones (excluding diaryl/α,β-unsaturated/α-hetero) is 1. The Hall–Kier alpha value is -1.60. The summed E-state index contributed by atoms with van der Waals surface area (Å²) in [5.74, 6) is -0.0354. The van der Waals surface area contributed by atoms with E-state index in [1.807, 2.05) is 0 Å². The Kier molecular flexibility index (Phi) is 4.01. The molecule has 0 aliphatic heterocycles. The van der Waals surface area contributed by atoms with Crippen LogP contribution >= 0.6 is 22.9 Å². The van der Waals surface area contributed by atoms with Crippen molar-refractivity contribution < 1.29 is 22.7 Å². The average molecular weight is 322 g/mol. The Morgan fingerprint density at radius 2 is 2.10 bits per heavy atom. The number of nitrogens with zero attached hydrogens (tertiary/aromatic N) is 1. The van der Waals surface area contributed by atoms with Crippen molar-refractivity contribution in [3.8, 4) is 10.9 Å². The Morgan fingerprint density at radius 1 is 1.40 bits per heavy atom. The van der Waals surface area contributed by atoms with Crippen molar-refractivity contribution in [3.05, 3.63) is 39.9 Å². The summed E-state index contributed by atoms with van der Waals surface area (Å²) in [5.41, 5.74) is -0.633. The number of carbonyl (C=O) groups is 1. The molecule has 0 unspecified atom stereocenters. The van der Waals surface area contributed by atoms with Crippen LogP contribution in [0.2, 0.25) is 5.02 Å². The Balaban J connectivity index is 2.22. The monoisotopic (exact) mass is 321 g/mol. The molecule has 1 aromatic heterocycles. The second-order valence-electron chi connectivity index (χ2n) is 3.80. The van der Waals surface area contributed by atoms with E-state index in [1.54, 1.807) is 0 Å². The molecule has 0 amide bonds. The molecule has 8 heteroatoms. The number of rotatable bonds is 3. The van der Waals surface area contributed by atoms with Crippen LogP contribution in [0.25, 0.3) is 0 Å². The minimum absolute atomic E-state index is 0.126. The van der Waals surface area contributed by atoms with Crippen LogP contribution in [0.1, 0.15) is 23.0 Å². The molecule has 0 bridgehead atoms. The number of aromatic nitrogens is 1. The van der Waals surface area contributed by atoms with E-state index in [0.717, 1.165) is 5.38 Å². The van der Waals surface area contributed by atoms with E-state index < -0.39 is 11.9 Å². The molecule has 0 N–H and O–H groups in total. The molecule has 1 heterocycles. The van der Waals surface area contributed by atoms with Crippen LogP contribution in [0, 0.1) is 0 Å². The van der Waals surface area contributed by atoms with E-state index in [9.17, 15) is 18.0 Å². The first-order valence-electron chi connectivity index (χ1n) is 5.28. The predicted molar refractivity (Wildman–Crippen MR) is 68.6 cm³/mol. The summed E-state index contributed by atoms with van der Waals surface area (Å²) >= 11 is 6.61. The van der Waals surface area contributed by atoms with Crippen molar-refractivity contribution in [3.63, 3.8) is 0 Å². The van der Waals surface area contributed by atoms with Gasteiger partial charge in [0.2, 0.25) is 0 Å². The SMILES string of the molecule is CC(=O)c1ccc(Oc2nc(C(F)(F)F)cs2)c(Cl)c1. The molecular formula is C12H7ClF3NO2S. The van der Waals surface area contributed by atoms with Gasteiger partial charge in [0.15, 0.2) is 11.5 Å². The smallest absolute Gasteiger partial charge is 0.429 e. The molecule has 0 radical (unpaired) electrons. The number of carbonyl (C=O) groups excluding carboxylic acids is 1. The van der Waals surface area contributed by atoms with Gasteiger partial charge in [0.1, 0.15) is 5.75 Å². The first-order chi connectivity index (χ1) is 9.27. The lowest BCUT2D eigenvalue weighted by Crippen LogP contribution is -2.04. The van der Waals surface area contributed by atoms with E-state index in [-0.39, 0.29) is 21.7 Å². The minimum atomic E-state index is -4.51. The molecule has 3 nitrogen and oxygen atoms in total. The maximum atomic E-state index is 12.4. The van der Waals surface area contributed by atoms with Gasteiger partial charge in [-0.3, -0.25) is 4.79 Å². The number of ether oxygens (including phenoxy) is 1. The Labute approximate surface area is 121 Å². The number of ketones is 1. The Morgan fingerprint density at radius 3 is 2.60 bits per heavy atom. The number of halogens is 4. The normalized spacial score (nSPS) is 11.4. The number of benzene rings is 1. The molecule has 0 fully saturated rings. The van der Waals surface area contributed by atoms with Crippen LogP contribution in [-0.4, -0.2) is 10.8 Å². The minimum Gasteiger partial charge on any atom is -0.429 e. The number of thiazole rings is 1. The van der Waals surface area contributed by atoms with Gasteiger partial charge < -0.3 is 4.74 Å². The van der Waals surface area contributed by atoms with E-state index in [0.29, 0.717) is 16.9 Å². The van der Waals surface area contributed by atoms with E-state index in [1.165, 1.54) is 25.1 Å². The highest BCUT2D eigenvalue weighted by Gasteiger charge is 2.34. The average Bonchev–Trinajstić information content (AvgIpc) is 2.80. The molecule has 0 saturated carbocycles. The molecule has 106 valence electrons. The molecule has 0 aliphatic rings. The van der Waals surface area contributed by atoms with Crippen LogP contribution in [-0.2, 0) is 6.18 Å². The summed E-state index contributed by atoms with van der Waals surface area (Å²) in [7, 11) is 0. The maximum absolute atomic E-state index is 12.4. The van der Waals surface area contributed by atoms with Crippen LogP contribution in [0.4, 0.5) is 13.2 Å². The zero-order chi connectivity index (χ0) is 14.9. The third-order valence-corrected chi connectivity index (χ3v) is 3.32. The van der Waals surface area contributed by atoms with Gasteiger partial charge in [-0.15, -0.1) is 0 Å². The molecule has 0 spiro atoms. The predicted octanol–water partition coefficient (Wildman–Crippen LogP) is 4.81. The second-order valence-corrected chi connectivity index (χ2v) is 5.03. The summed E-state index contributed by atoms with van der Waals surface area (Å²) in [4.78, 5) is 14.5. The lowest BCUT2D eigenvalue weighted by molar-refractivity contribution is -0.140. The molecule has 1 aromatic carbocycles. The highest BCUT2D eigenvalue weighted by Crippen LogP contribution is 2.36. The van der Waals surface area contributed by atoms with Gasteiger partial charge in [-0.2, -0.15) is 18.2 Å². The topological polar surface area (TPSA) is 39.2 Å². The number of alkyl halides is 3. The van der Waals surface area contributed by atoms with Gasteiger partial charge in [-0.1, -0.05) is 22.9 Å². The van der Waals surface area contributed by atoms with E-state index >= 15 is 0 Å². The summed E-state index contributed by atoms with van der Waals surface area (Å²) in [5, 5.41) is 0.809. The summed E-state index contributed by atoms with van der Waals surface area (Å²) in [6, 6.07) is 4.27. The molecule has 2 aromatic rings. The molecule has 0 saturated heterocycles. The van der Waals surface area contributed by atoms with E-state index in [2.05, 4.69) is 4.98 Å². The summed E-state index contributed by atoms with van der Waals surface area (Å²) in [6.45, 7) is 1.38. The zero-order valence-electron chi connectivity index (χ0n) is 9.99. The fourth-order valence-electron chi connectivity index (χ4n) is 1.33. The quantitative estimate of drug-likeness (QED) is 0.761. The first-order valence-corrected chi connectivity index (χ1v) is 6.54. The van der Waals surface area contributed by atoms with Gasteiger partial charge in [0, 0.05) is 10.9 Å². The maximum Gasteiger partial charge on any atom is 0.434 e. The summed E-state index contributed by atoms with van der Waals surface area (Å²) < 4.78 is 42.3. The van der Waals surface area contributed by atoms with Crippen LogP contribution in [0.15, 0.2) is 23.6 Å². The van der Waals surface area contributed by atoms with Crippen molar-refractivity contribution in [2.75, 3.05) is 0 Å². The van der Waals surface area contributed by atoms with Crippen molar-refractivity contribution in [1.29, 1.82) is 0 Å². The fourth-order valence-corrected chi connectivity index (χ4v) is 2.24. The lowest BCUT2D eigenvalue weighted by Gasteiger charge is -2.05. The fraction of sp³-hybridized carbons (Fsp3) is 0.167. The highest BCUT2D eigenvalue weighted by atomic mass is 35.5. The van der Waals surface area contributed by atoms with E-state index in [4.69, 9.17) is 16.3 Å². The largest absolute Gasteiger partial charge is 0.434 e. The lowest BCUT2D eigenvalue weighted by atomic mass is 10.1. The van der Waals surface area contributed by atoms with Gasteiger partial charge in [-0.25, -0.2) is 0 Å². The van der Waals surface area contributed by atoms with Crippen molar-refractivity contribution in [1.82, 2.24) is 4.98 Å². The van der Waals surface area contributed by atoms with Crippen molar-refractivity contribution in [2.24, 2.45) is 0 Å². The third-order valence-electron chi connectivity index (χ3n) is 2.31. The highest BCUT2D eigenvalue weighted by molar-refractivity contribution is 7.11. The standard InChI is InChI=1S/C12H7ClF3NO2S/c1-6(18)7-2-3-9(8(13)4-7)19-11-17-10(5-20-11)12(14,15)16/h2-5H,1H3. The van der Waals surface area contributed by atoms with Crippen LogP contribution in [0.3, 0.4) is 0 Å². The molecule has 2 rings (SSSR count). The molecule has 0 aliphatic carbocycles. The molecule has 20 heavy (non-hydrogen) atoms. The van der Waals surface area contributed by atoms with Crippen molar-refractivity contribution >= 4 is 28.7 Å². The first kappa shape index (κ1) is 14.8. The van der Waals surface area contributed by atoms with Gasteiger partial charge in [0.05, 0.1) is 5.02 Å². The Bertz CT molecular complexity index is 654. The zero-order valence-corrected chi connectivity index (χ0v) is 11.6. The van der Waals surface area contributed by atoms with Gasteiger partial charge in [0.25, 0.3) is 5.19 Å². The number of hydrogen-bond acceptors (Lipinski definition) is 4. The van der Waals surface area contributed by atoms with Crippen molar-refractivity contribution in [2.45, 2.75) is 13.1 Å². The molecular weight excluding hydrogens is 315 g/mol. The number of hydrogen-bond donors (Lipinski definition) is 0. The molecule has 0 atom stereocenters. The van der Waals surface area contributed by atoms with Crippen LogP contribution < -0.4 is 4.74 Å².